The molecule has 1 spiro atoms. The van der Waals surface area contributed by atoms with E-state index in [-0.39, 0.29) is 17.0 Å². The summed E-state index contributed by atoms with van der Waals surface area (Å²) in [6, 6.07) is 7.71. The highest BCUT2D eigenvalue weighted by molar-refractivity contribution is 6.09. The molecule has 1 N–H and O–H groups in total. The number of amides is 1. The van der Waals surface area contributed by atoms with Gasteiger partial charge in [0.05, 0.1) is 17.3 Å². The molecule has 1 amide bonds. The molecular formula is C24H26F2N2O. The third-order valence-corrected chi connectivity index (χ3v) is 6.56. The SMILES string of the molecule is C=CC[C@H]1N(C(=O)c2cccc(F)c2F)c2c(C)ccc(C)c2C12CCNCC2. The van der Waals surface area contributed by atoms with E-state index in [9.17, 15) is 13.6 Å². The quantitative estimate of drug-likeness (QED) is 0.756. The van der Waals surface area contributed by atoms with E-state index in [1.807, 2.05) is 19.1 Å². The lowest BCUT2D eigenvalue weighted by molar-refractivity contribution is 0.0959. The smallest absolute Gasteiger partial charge is 0.261 e. The molecule has 2 aliphatic heterocycles. The lowest BCUT2D eigenvalue weighted by Gasteiger charge is -2.42. The van der Waals surface area contributed by atoms with E-state index in [1.165, 1.54) is 17.7 Å². The molecular weight excluding hydrogens is 370 g/mol. The Morgan fingerprint density at radius 2 is 1.90 bits per heavy atom. The van der Waals surface area contributed by atoms with Crippen LogP contribution in [0, 0.1) is 25.5 Å². The Hall–Kier alpha value is -2.53. The average molecular weight is 396 g/mol. The molecule has 0 aliphatic carbocycles. The minimum atomic E-state index is -1.09. The number of hydrogen-bond acceptors (Lipinski definition) is 2. The zero-order valence-electron chi connectivity index (χ0n) is 16.9. The van der Waals surface area contributed by atoms with Crippen molar-refractivity contribution in [3.63, 3.8) is 0 Å². The van der Waals surface area contributed by atoms with Crippen molar-refractivity contribution in [3.05, 3.63) is 76.9 Å². The maximum absolute atomic E-state index is 14.6. The van der Waals surface area contributed by atoms with Crippen LogP contribution in [0.4, 0.5) is 14.5 Å². The molecule has 0 bridgehead atoms. The van der Waals surface area contributed by atoms with E-state index in [4.69, 9.17) is 0 Å². The molecule has 0 unspecified atom stereocenters. The molecule has 4 rings (SSSR count). The fraction of sp³-hybridized carbons (Fsp3) is 0.375. The third kappa shape index (κ3) is 2.91. The van der Waals surface area contributed by atoms with E-state index in [0.29, 0.717) is 6.42 Å². The zero-order valence-corrected chi connectivity index (χ0v) is 16.9. The Morgan fingerprint density at radius 1 is 1.21 bits per heavy atom. The summed E-state index contributed by atoms with van der Waals surface area (Å²) in [6.45, 7) is 9.69. The van der Waals surface area contributed by atoms with Crippen molar-refractivity contribution < 1.29 is 13.6 Å². The Morgan fingerprint density at radius 3 is 2.59 bits per heavy atom. The molecule has 0 aromatic heterocycles. The second-order valence-electron chi connectivity index (χ2n) is 8.15. The van der Waals surface area contributed by atoms with Gasteiger partial charge < -0.3 is 10.2 Å². The second kappa shape index (κ2) is 7.38. The summed E-state index contributed by atoms with van der Waals surface area (Å²) in [6.07, 6.45) is 4.19. The molecule has 152 valence electrons. The number of carbonyl (C=O) groups is 1. The molecule has 5 heteroatoms. The number of hydrogen-bond donors (Lipinski definition) is 1. The van der Waals surface area contributed by atoms with Gasteiger partial charge in [-0.25, -0.2) is 8.78 Å². The topological polar surface area (TPSA) is 32.3 Å². The molecule has 2 aromatic carbocycles. The first-order valence-electron chi connectivity index (χ1n) is 10.1. The number of aryl methyl sites for hydroxylation is 2. The summed E-state index contributed by atoms with van der Waals surface area (Å²) in [5, 5.41) is 3.42. The Balaban J connectivity index is 1.96. The van der Waals surface area contributed by atoms with Gasteiger partial charge in [0.1, 0.15) is 0 Å². The van der Waals surface area contributed by atoms with E-state index in [0.717, 1.165) is 48.8 Å². The van der Waals surface area contributed by atoms with Gasteiger partial charge in [0.2, 0.25) is 0 Å². The summed E-state index contributed by atoms with van der Waals surface area (Å²) >= 11 is 0. The minimum Gasteiger partial charge on any atom is -0.317 e. The standard InChI is InChI=1S/C24H26F2N2O/c1-4-6-19-24(11-13-27-14-12-24)20-15(2)9-10-16(3)22(20)28(19)23(29)17-7-5-8-18(25)21(17)26/h4-5,7-10,19,27H,1,6,11-14H2,2-3H3/t19-/m1/s1. The predicted octanol–water partition coefficient (Wildman–Crippen LogP) is 4.81. The van der Waals surface area contributed by atoms with Crippen LogP contribution in [0.15, 0.2) is 43.0 Å². The summed E-state index contributed by atoms with van der Waals surface area (Å²) in [4.78, 5) is 15.4. The monoisotopic (exact) mass is 396 g/mol. The third-order valence-electron chi connectivity index (χ3n) is 6.56. The van der Waals surface area contributed by atoms with Gasteiger partial charge in [0.15, 0.2) is 11.6 Å². The highest BCUT2D eigenvalue weighted by Gasteiger charge is 2.53. The first kappa shape index (κ1) is 19.8. The van der Waals surface area contributed by atoms with Crippen LogP contribution in [0.1, 0.15) is 46.3 Å². The number of benzene rings is 2. The molecule has 0 radical (unpaired) electrons. The molecule has 3 nitrogen and oxygen atoms in total. The number of carbonyl (C=O) groups excluding carboxylic acids is 1. The van der Waals surface area contributed by atoms with Crippen molar-refractivity contribution in [2.45, 2.75) is 44.6 Å². The lowest BCUT2D eigenvalue weighted by Crippen LogP contribution is -2.52. The summed E-state index contributed by atoms with van der Waals surface area (Å²) in [7, 11) is 0. The van der Waals surface area contributed by atoms with Crippen molar-refractivity contribution in [3.8, 4) is 0 Å². The van der Waals surface area contributed by atoms with Crippen molar-refractivity contribution in [1.82, 2.24) is 5.32 Å². The maximum Gasteiger partial charge on any atom is 0.261 e. The highest BCUT2D eigenvalue weighted by atomic mass is 19.2. The molecule has 29 heavy (non-hydrogen) atoms. The lowest BCUT2D eigenvalue weighted by atomic mass is 9.67. The molecule has 2 aromatic rings. The molecule has 1 fully saturated rings. The van der Waals surface area contributed by atoms with Gasteiger partial charge in [-0.2, -0.15) is 0 Å². The predicted molar refractivity (Wildman–Crippen MR) is 111 cm³/mol. The van der Waals surface area contributed by atoms with Gasteiger partial charge in [-0.15, -0.1) is 6.58 Å². The van der Waals surface area contributed by atoms with E-state index >= 15 is 0 Å². The number of nitrogens with one attached hydrogen (secondary N) is 1. The van der Waals surface area contributed by atoms with Crippen LogP contribution >= 0.6 is 0 Å². The van der Waals surface area contributed by atoms with Crippen LogP contribution in [-0.4, -0.2) is 25.0 Å². The van der Waals surface area contributed by atoms with Crippen LogP contribution in [0.3, 0.4) is 0 Å². The van der Waals surface area contributed by atoms with E-state index in [2.05, 4.69) is 24.9 Å². The Bertz CT molecular complexity index is 979. The number of rotatable bonds is 3. The number of fused-ring (bicyclic) bond motifs is 2. The van der Waals surface area contributed by atoms with Gasteiger partial charge >= 0.3 is 0 Å². The highest BCUT2D eigenvalue weighted by Crippen LogP contribution is 2.54. The first-order valence-corrected chi connectivity index (χ1v) is 10.1. The first-order chi connectivity index (χ1) is 13.9. The van der Waals surface area contributed by atoms with E-state index in [1.54, 1.807) is 4.90 Å². The largest absolute Gasteiger partial charge is 0.317 e. The molecule has 2 aliphatic rings. The van der Waals surface area contributed by atoms with Gasteiger partial charge in [-0.3, -0.25) is 4.79 Å². The van der Waals surface area contributed by atoms with Crippen molar-refractivity contribution in [2.24, 2.45) is 0 Å². The van der Waals surface area contributed by atoms with Gasteiger partial charge in [0.25, 0.3) is 5.91 Å². The number of halogens is 2. The Labute approximate surface area is 170 Å². The van der Waals surface area contributed by atoms with Crippen LogP contribution < -0.4 is 10.2 Å². The van der Waals surface area contributed by atoms with Crippen LogP contribution in [0.2, 0.25) is 0 Å². The van der Waals surface area contributed by atoms with Gasteiger partial charge in [-0.05, 0) is 75.0 Å². The van der Waals surface area contributed by atoms with Crippen molar-refractivity contribution in [2.75, 3.05) is 18.0 Å². The second-order valence-corrected chi connectivity index (χ2v) is 8.15. The van der Waals surface area contributed by atoms with Crippen molar-refractivity contribution >= 4 is 11.6 Å². The maximum atomic E-state index is 14.6. The van der Waals surface area contributed by atoms with E-state index < -0.39 is 17.5 Å². The summed E-state index contributed by atoms with van der Waals surface area (Å²) < 4.78 is 28.4. The number of anilines is 1. The fourth-order valence-electron chi connectivity index (χ4n) is 5.29. The molecule has 0 saturated carbocycles. The molecule has 2 heterocycles. The van der Waals surface area contributed by atoms with Gasteiger partial charge in [-0.1, -0.05) is 24.3 Å². The normalized spacial score (nSPS) is 20.0. The van der Waals surface area contributed by atoms with Crippen LogP contribution in [0.5, 0.6) is 0 Å². The van der Waals surface area contributed by atoms with Crippen LogP contribution in [-0.2, 0) is 5.41 Å². The zero-order chi connectivity index (χ0) is 20.8. The minimum absolute atomic E-state index is 0.174. The fourth-order valence-corrected chi connectivity index (χ4v) is 5.29. The summed E-state index contributed by atoms with van der Waals surface area (Å²) in [5.41, 5.74) is 3.70. The summed E-state index contributed by atoms with van der Waals surface area (Å²) in [5.74, 6) is -2.58. The molecule has 1 atom stereocenters. The number of piperidine rings is 1. The van der Waals surface area contributed by atoms with Crippen molar-refractivity contribution in [1.29, 1.82) is 0 Å². The molecule has 1 saturated heterocycles. The Kier molecular flexibility index (Phi) is 5.03. The van der Waals surface area contributed by atoms with Crippen LogP contribution in [0.25, 0.3) is 0 Å². The average Bonchev–Trinajstić information content (AvgIpc) is 2.98. The van der Waals surface area contributed by atoms with Gasteiger partial charge in [0, 0.05) is 5.41 Å². The number of nitrogens with zero attached hydrogens (tertiary/aromatic N) is 1.